The van der Waals surface area contributed by atoms with E-state index in [0.29, 0.717) is 44.8 Å². The monoisotopic (exact) mass is 334 g/mol. The van der Waals surface area contributed by atoms with Crippen molar-refractivity contribution in [3.8, 4) is 5.75 Å². The summed E-state index contributed by atoms with van der Waals surface area (Å²) in [6, 6.07) is 3.92. The molecule has 0 aliphatic heterocycles. The van der Waals surface area contributed by atoms with E-state index in [1.54, 1.807) is 6.08 Å². The molecule has 0 aliphatic rings. The van der Waals surface area contributed by atoms with E-state index in [2.05, 4.69) is 27.4 Å². The second kappa shape index (κ2) is 9.48. The van der Waals surface area contributed by atoms with Gasteiger partial charge in [0.25, 0.3) is 0 Å². The molecular formula is C20H30O4. The van der Waals surface area contributed by atoms with Gasteiger partial charge in [-0.3, -0.25) is 4.79 Å². The number of aryl methyl sites for hydroxylation is 2. The molecule has 0 aromatic heterocycles. The average molecular weight is 334 g/mol. The maximum absolute atomic E-state index is 11.8. The van der Waals surface area contributed by atoms with Crippen molar-refractivity contribution in [3.05, 3.63) is 41.5 Å². The smallest absolute Gasteiger partial charge is 0.306 e. The lowest BCUT2D eigenvalue weighted by molar-refractivity contribution is -0.143. The molecule has 134 valence electrons. The molecule has 1 aromatic rings. The van der Waals surface area contributed by atoms with Crippen molar-refractivity contribution in [1.82, 2.24) is 0 Å². The molecule has 1 aromatic carbocycles. The van der Waals surface area contributed by atoms with E-state index in [4.69, 9.17) is 9.47 Å². The van der Waals surface area contributed by atoms with Crippen LogP contribution in [0, 0.1) is 6.92 Å². The van der Waals surface area contributed by atoms with E-state index in [9.17, 15) is 9.90 Å². The number of aromatic hydroxyl groups is 1. The predicted molar refractivity (Wildman–Crippen MR) is 96.5 cm³/mol. The second-order valence-corrected chi connectivity index (χ2v) is 7.00. The first-order chi connectivity index (χ1) is 11.3. The molecule has 4 heteroatoms. The molecule has 0 fully saturated rings. The van der Waals surface area contributed by atoms with Crippen molar-refractivity contribution < 1.29 is 19.4 Å². The first-order valence-corrected chi connectivity index (χ1v) is 8.43. The van der Waals surface area contributed by atoms with Gasteiger partial charge in [0.1, 0.15) is 5.75 Å². The van der Waals surface area contributed by atoms with Crippen LogP contribution in [0.1, 0.15) is 50.3 Å². The van der Waals surface area contributed by atoms with Crippen LogP contribution in [0.2, 0.25) is 0 Å². The van der Waals surface area contributed by atoms with Crippen molar-refractivity contribution in [2.24, 2.45) is 0 Å². The van der Waals surface area contributed by atoms with E-state index in [-0.39, 0.29) is 11.4 Å². The van der Waals surface area contributed by atoms with Crippen molar-refractivity contribution in [3.63, 3.8) is 0 Å². The zero-order valence-electron chi connectivity index (χ0n) is 15.4. The number of rotatable bonds is 9. The van der Waals surface area contributed by atoms with Gasteiger partial charge in [0.2, 0.25) is 0 Å². The Labute approximate surface area is 145 Å². The molecule has 0 saturated heterocycles. The summed E-state index contributed by atoms with van der Waals surface area (Å²) in [5.41, 5.74) is 2.65. The lowest BCUT2D eigenvalue weighted by Crippen LogP contribution is -2.13. The zero-order valence-corrected chi connectivity index (χ0v) is 15.4. The van der Waals surface area contributed by atoms with E-state index < -0.39 is 0 Å². The van der Waals surface area contributed by atoms with Crippen molar-refractivity contribution >= 4 is 5.97 Å². The molecule has 24 heavy (non-hydrogen) atoms. The number of esters is 1. The normalized spacial score (nSPS) is 11.3. The van der Waals surface area contributed by atoms with E-state index in [1.165, 1.54) is 0 Å². The lowest BCUT2D eigenvalue weighted by atomic mass is 9.83. The Morgan fingerprint density at radius 3 is 2.62 bits per heavy atom. The number of hydrogen-bond acceptors (Lipinski definition) is 4. The van der Waals surface area contributed by atoms with Crippen LogP contribution in [0.3, 0.4) is 0 Å². The van der Waals surface area contributed by atoms with Gasteiger partial charge in [-0.2, -0.15) is 0 Å². The molecule has 0 atom stereocenters. The van der Waals surface area contributed by atoms with Crippen molar-refractivity contribution in [1.29, 1.82) is 0 Å². The van der Waals surface area contributed by atoms with Crippen LogP contribution in [0.15, 0.2) is 24.8 Å². The van der Waals surface area contributed by atoms with Gasteiger partial charge in [-0.1, -0.05) is 39.0 Å². The molecule has 0 spiro atoms. The highest BCUT2D eigenvalue weighted by atomic mass is 16.5. The summed E-state index contributed by atoms with van der Waals surface area (Å²) in [6.07, 6.45) is 3.32. The molecule has 0 saturated carbocycles. The Kier molecular flexibility index (Phi) is 7.99. The van der Waals surface area contributed by atoms with Gasteiger partial charge in [0.05, 0.1) is 19.8 Å². The number of benzene rings is 1. The van der Waals surface area contributed by atoms with E-state index in [0.717, 1.165) is 16.7 Å². The highest BCUT2D eigenvalue weighted by molar-refractivity contribution is 5.69. The molecule has 1 rings (SSSR count). The fourth-order valence-electron chi connectivity index (χ4n) is 2.40. The van der Waals surface area contributed by atoms with Gasteiger partial charge in [-0.25, -0.2) is 0 Å². The largest absolute Gasteiger partial charge is 0.507 e. The molecule has 4 nitrogen and oxygen atoms in total. The van der Waals surface area contributed by atoms with Crippen LogP contribution >= 0.6 is 0 Å². The van der Waals surface area contributed by atoms with Gasteiger partial charge in [-0.15, -0.1) is 6.58 Å². The minimum absolute atomic E-state index is 0.142. The fraction of sp³-hybridized carbons (Fsp3) is 0.550. The third-order valence-electron chi connectivity index (χ3n) is 3.72. The Morgan fingerprint density at radius 1 is 1.29 bits per heavy atom. The molecule has 0 bridgehead atoms. The Hall–Kier alpha value is -1.81. The number of phenols is 1. The van der Waals surface area contributed by atoms with E-state index in [1.807, 2.05) is 19.1 Å². The molecule has 0 amide bonds. The van der Waals surface area contributed by atoms with Crippen LogP contribution in [-0.4, -0.2) is 30.9 Å². The van der Waals surface area contributed by atoms with Gasteiger partial charge < -0.3 is 14.6 Å². The minimum Gasteiger partial charge on any atom is -0.507 e. The number of ether oxygens (including phenoxy) is 2. The third kappa shape index (κ3) is 6.75. The second-order valence-electron chi connectivity index (χ2n) is 7.00. The molecular weight excluding hydrogens is 304 g/mol. The Bertz CT molecular complexity index is 555. The Balaban J connectivity index is 2.48. The number of carbonyl (C=O) groups is 1. The first-order valence-electron chi connectivity index (χ1n) is 8.43. The average Bonchev–Trinajstić information content (AvgIpc) is 2.50. The molecule has 1 N–H and O–H groups in total. The third-order valence-corrected chi connectivity index (χ3v) is 3.72. The maximum atomic E-state index is 11.8. The minimum atomic E-state index is -0.207. The quantitative estimate of drug-likeness (QED) is 0.420. The first kappa shape index (κ1) is 20.2. The standard InChI is InChI=1S/C20H30O4/c1-6-10-23-11-7-12-24-18(21)9-8-16-13-15(2)19(22)17(14-16)20(3,4)5/h6,13-14,22H,1,7-12H2,2-5H3. The number of carbonyl (C=O) groups excluding carboxylic acids is 1. The van der Waals surface area contributed by atoms with Gasteiger partial charge in [-0.05, 0) is 35.4 Å². The van der Waals surface area contributed by atoms with Gasteiger partial charge >= 0.3 is 5.97 Å². The predicted octanol–water partition coefficient (Wildman–Crippen LogP) is 4.07. The van der Waals surface area contributed by atoms with Crippen LogP contribution in [0.5, 0.6) is 5.75 Å². The molecule has 0 heterocycles. The fourth-order valence-corrected chi connectivity index (χ4v) is 2.40. The summed E-state index contributed by atoms with van der Waals surface area (Å²) < 4.78 is 10.4. The van der Waals surface area contributed by atoms with Crippen LogP contribution < -0.4 is 0 Å². The van der Waals surface area contributed by atoms with Crippen LogP contribution in [-0.2, 0) is 26.1 Å². The summed E-state index contributed by atoms with van der Waals surface area (Å²) in [7, 11) is 0. The summed E-state index contributed by atoms with van der Waals surface area (Å²) in [4.78, 5) is 11.8. The lowest BCUT2D eigenvalue weighted by Gasteiger charge is -2.22. The summed E-state index contributed by atoms with van der Waals surface area (Å²) in [5.74, 6) is 0.134. The van der Waals surface area contributed by atoms with Crippen molar-refractivity contribution in [2.75, 3.05) is 19.8 Å². The van der Waals surface area contributed by atoms with Gasteiger partial charge in [0.15, 0.2) is 0 Å². The zero-order chi connectivity index (χ0) is 18.2. The Morgan fingerprint density at radius 2 is 2.00 bits per heavy atom. The summed E-state index contributed by atoms with van der Waals surface area (Å²) in [6.45, 7) is 13.1. The molecule has 0 radical (unpaired) electrons. The number of phenolic OH excluding ortho intramolecular Hbond substituents is 1. The van der Waals surface area contributed by atoms with Crippen molar-refractivity contribution in [2.45, 2.75) is 52.4 Å². The highest BCUT2D eigenvalue weighted by Crippen LogP contribution is 2.34. The number of hydrogen-bond donors (Lipinski definition) is 1. The highest BCUT2D eigenvalue weighted by Gasteiger charge is 2.20. The maximum Gasteiger partial charge on any atom is 0.306 e. The van der Waals surface area contributed by atoms with Crippen LogP contribution in [0.4, 0.5) is 0 Å². The van der Waals surface area contributed by atoms with Crippen LogP contribution in [0.25, 0.3) is 0 Å². The topological polar surface area (TPSA) is 55.8 Å². The molecule has 0 unspecified atom stereocenters. The molecule has 0 aliphatic carbocycles. The summed E-state index contributed by atoms with van der Waals surface area (Å²) in [5, 5.41) is 10.2. The summed E-state index contributed by atoms with van der Waals surface area (Å²) >= 11 is 0. The SMILES string of the molecule is C=CCOCCCOC(=O)CCc1cc(C)c(O)c(C(C)(C)C)c1. The van der Waals surface area contributed by atoms with Gasteiger partial charge in [0, 0.05) is 12.8 Å². The van der Waals surface area contributed by atoms with E-state index >= 15 is 0 Å².